The predicted molar refractivity (Wildman–Crippen MR) is 108 cm³/mol. The van der Waals surface area contributed by atoms with Gasteiger partial charge >= 0.3 is 0 Å². The smallest absolute Gasteiger partial charge is 0.259 e. The van der Waals surface area contributed by atoms with Crippen LogP contribution in [0.5, 0.6) is 5.75 Å². The summed E-state index contributed by atoms with van der Waals surface area (Å²) in [5.41, 5.74) is 2.12. The van der Waals surface area contributed by atoms with Crippen LogP contribution < -0.4 is 9.64 Å². The number of nitrogens with zero attached hydrogens (tertiary/aromatic N) is 2. The summed E-state index contributed by atoms with van der Waals surface area (Å²) in [7, 11) is 0. The number of hydrogen-bond acceptors (Lipinski definition) is 4. The van der Waals surface area contributed by atoms with Crippen LogP contribution >= 0.6 is 0 Å². The van der Waals surface area contributed by atoms with Crippen LogP contribution in [0.3, 0.4) is 0 Å². The number of pyridine rings is 1. The van der Waals surface area contributed by atoms with E-state index in [-0.39, 0.29) is 23.8 Å². The second kappa shape index (κ2) is 7.50. The van der Waals surface area contributed by atoms with Crippen molar-refractivity contribution in [2.45, 2.75) is 26.0 Å². The van der Waals surface area contributed by atoms with Gasteiger partial charge in [-0.2, -0.15) is 0 Å². The first-order valence-electron chi connectivity index (χ1n) is 9.41. The van der Waals surface area contributed by atoms with E-state index < -0.39 is 18.3 Å². The van der Waals surface area contributed by atoms with Gasteiger partial charge in [0.1, 0.15) is 11.6 Å². The topological polar surface area (TPSA) is 62.7 Å². The van der Waals surface area contributed by atoms with Gasteiger partial charge in [-0.1, -0.05) is 12.1 Å². The van der Waals surface area contributed by atoms with Crippen molar-refractivity contribution in [3.05, 3.63) is 77.2 Å². The lowest BCUT2D eigenvalue weighted by Gasteiger charge is -2.20. The molecule has 3 aromatic rings. The van der Waals surface area contributed by atoms with E-state index in [1.165, 1.54) is 24.4 Å². The Balaban J connectivity index is 1.74. The largest absolute Gasteiger partial charge is 0.462 e. The number of rotatable bonds is 5. The molecule has 154 valence electrons. The molecule has 0 radical (unpaired) electrons. The summed E-state index contributed by atoms with van der Waals surface area (Å²) in [6.07, 6.45) is 1.47. The van der Waals surface area contributed by atoms with Crippen molar-refractivity contribution in [3.8, 4) is 17.0 Å². The third kappa shape index (κ3) is 3.52. The van der Waals surface area contributed by atoms with Gasteiger partial charge in [-0.05, 0) is 55.8 Å². The molecule has 0 bridgehead atoms. The van der Waals surface area contributed by atoms with E-state index in [0.29, 0.717) is 22.5 Å². The Labute approximate surface area is 172 Å². The van der Waals surface area contributed by atoms with Crippen molar-refractivity contribution < 1.29 is 23.4 Å². The molecule has 0 saturated heterocycles. The van der Waals surface area contributed by atoms with Crippen molar-refractivity contribution in [3.63, 3.8) is 0 Å². The predicted octanol–water partition coefficient (Wildman–Crippen LogP) is 4.58. The minimum atomic E-state index is -1.06. The van der Waals surface area contributed by atoms with Gasteiger partial charge < -0.3 is 14.7 Å². The minimum absolute atomic E-state index is 0.153. The van der Waals surface area contributed by atoms with Gasteiger partial charge in [-0.3, -0.25) is 9.78 Å². The first kappa shape index (κ1) is 20.0. The number of ether oxygens (including phenoxy) is 1. The lowest BCUT2D eigenvalue weighted by molar-refractivity contribution is 0.0786. The van der Waals surface area contributed by atoms with Gasteiger partial charge in [0, 0.05) is 28.6 Å². The van der Waals surface area contributed by atoms with Crippen LogP contribution in [-0.4, -0.2) is 22.9 Å². The number of carbonyl (C=O) groups is 1. The molecule has 0 saturated carbocycles. The third-order valence-electron chi connectivity index (χ3n) is 5.14. The Bertz CT molecular complexity index is 1110. The van der Waals surface area contributed by atoms with E-state index in [0.717, 1.165) is 5.56 Å². The molecule has 30 heavy (non-hydrogen) atoms. The normalized spacial score (nSPS) is 13.5. The summed E-state index contributed by atoms with van der Waals surface area (Å²) < 4.78 is 31.7. The Kier molecular flexibility index (Phi) is 4.99. The van der Waals surface area contributed by atoms with Crippen LogP contribution in [0.1, 0.15) is 35.3 Å². The number of fused-ring (bicyclic) bond motifs is 1. The zero-order chi connectivity index (χ0) is 21.5. The van der Waals surface area contributed by atoms with E-state index in [2.05, 4.69) is 4.98 Å². The molecule has 4 rings (SSSR count). The van der Waals surface area contributed by atoms with Gasteiger partial charge in [0.05, 0.1) is 17.8 Å². The Hall–Kier alpha value is -3.32. The van der Waals surface area contributed by atoms with Crippen molar-refractivity contribution in [2.24, 2.45) is 0 Å². The molecule has 1 amide bonds. The van der Waals surface area contributed by atoms with E-state index in [1.54, 1.807) is 49.1 Å². The van der Waals surface area contributed by atoms with Crippen molar-refractivity contribution in [2.75, 3.05) is 11.8 Å². The second-order valence-corrected chi connectivity index (χ2v) is 7.58. The lowest BCUT2D eigenvalue weighted by atomic mass is 9.98. The second-order valence-electron chi connectivity index (χ2n) is 7.58. The van der Waals surface area contributed by atoms with Gasteiger partial charge in [-0.25, -0.2) is 8.78 Å². The first-order chi connectivity index (χ1) is 14.3. The van der Waals surface area contributed by atoms with Crippen LogP contribution in [0, 0.1) is 5.82 Å². The monoisotopic (exact) mass is 410 g/mol. The fourth-order valence-electron chi connectivity index (χ4n) is 3.59. The average Bonchev–Trinajstić information content (AvgIpc) is 3.06. The number of carbonyl (C=O) groups excluding carboxylic acids is 1. The molecule has 2 aromatic carbocycles. The molecule has 0 aliphatic carbocycles. The third-order valence-corrected chi connectivity index (χ3v) is 5.14. The number of hydrogen-bond donors (Lipinski definition) is 1. The highest BCUT2D eigenvalue weighted by Gasteiger charge is 2.32. The van der Waals surface area contributed by atoms with Gasteiger partial charge in [-0.15, -0.1) is 0 Å². The number of amides is 1. The highest BCUT2D eigenvalue weighted by molar-refractivity contribution is 6.11. The highest BCUT2D eigenvalue weighted by atomic mass is 19.1. The van der Waals surface area contributed by atoms with Crippen LogP contribution in [0.25, 0.3) is 11.3 Å². The van der Waals surface area contributed by atoms with Crippen LogP contribution in [0.15, 0.2) is 54.7 Å². The number of alkyl halides is 1. The number of benzene rings is 2. The molecule has 0 unspecified atom stereocenters. The van der Waals surface area contributed by atoms with Crippen LogP contribution in [0.4, 0.5) is 14.5 Å². The Morgan fingerprint density at radius 2 is 1.87 bits per heavy atom. The van der Waals surface area contributed by atoms with E-state index in [9.17, 15) is 18.7 Å². The molecule has 7 heteroatoms. The fourth-order valence-corrected chi connectivity index (χ4v) is 3.59. The van der Waals surface area contributed by atoms with Gasteiger partial charge in [0.25, 0.3) is 5.91 Å². The molecule has 2 heterocycles. The minimum Gasteiger partial charge on any atom is -0.462 e. The highest BCUT2D eigenvalue weighted by Crippen LogP contribution is 2.38. The fraction of sp³-hybridized carbons (Fsp3) is 0.217. The molecule has 0 fully saturated rings. The van der Waals surface area contributed by atoms with E-state index in [4.69, 9.17) is 4.74 Å². The quantitative estimate of drug-likeness (QED) is 0.669. The van der Waals surface area contributed by atoms with Gasteiger partial charge in [0.15, 0.2) is 0 Å². The molecular weight excluding hydrogens is 390 g/mol. The maximum Gasteiger partial charge on any atom is 0.259 e. The van der Waals surface area contributed by atoms with Crippen molar-refractivity contribution in [1.29, 1.82) is 0 Å². The molecule has 1 aromatic heterocycles. The van der Waals surface area contributed by atoms with Gasteiger partial charge in [0.2, 0.25) is 6.86 Å². The lowest BCUT2D eigenvalue weighted by Crippen LogP contribution is -2.23. The summed E-state index contributed by atoms with van der Waals surface area (Å²) in [5.74, 6) is -0.576. The maximum atomic E-state index is 13.9. The molecule has 0 atom stereocenters. The molecule has 5 nitrogen and oxygen atoms in total. The summed E-state index contributed by atoms with van der Waals surface area (Å²) in [6, 6.07) is 12.4. The maximum absolute atomic E-state index is 13.9. The standard InChI is InChI=1S/C23H20F2N2O3/c1-23(2,29)14-3-6-16(7-4-14)27-12-19-17(22(27)28)9-10-26-21(19)18-11-15(25)5-8-20(18)30-13-24/h3-11,29H,12-13H2,1-2H3. The van der Waals surface area contributed by atoms with Crippen molar-refractivity contribution >= 4 is 11.6 Å². The van der Waals surface area contributed by atoms with E-state index >= 15 is 0 Å². The molecule has 1 aliphatic rings. The summed E-state index contributed by atoms with van der Waals surface area (Å²) >= 11 is 0. The zero-order valence-corrected chi connectivity index (χ0v) is 16.5. The summed E-state index contributed by atoms with van der Waals surface area (Å²) in [4.78, 5) is 18.9. The summed E-state index contributed by atoms with van der Waals surface area (Å²) in [5, 5.41) is 10.1. The average molecular weight is 410 g/mol. The number of aromatic nitrogens is 1. The number of aliphatic hydroxyl groups is 1. The number of halogens is 2. The SMILES string of the molecule is CC(C)(O)c1ccc(N2Cc3c(ccnc3-c3cc(F)ccc3OCF)C2=O)cc1. The number of anilines is 1. The Morgan fingerprint density at radius 3 is 2.53 bits per heavy atom. The van der Waals surface area contributed by atoms with E-state index in [1.807, 2.05) is 0 Å². The summed E-state index contributed by atoms with van der Waals surface area (Å²) in [6.45, 7) is 2.54. The first-order valence-corrected chi connectivity index (χ1v) is 9.41. The molecule has 1 N–H and O–H groups in total. The van der Waals surface area contributed by atoms with Crippen LogP contribution in [-0.2, 0) is 12.1 Å². The van der Waals surface area contributed by atoms with Crippen LogP contribution in [0.2, 0.25) is 0 Å². The Morgan fingerprint density at radius 1 is 1.13 bits per heavy atom. The van der Waals surface area contributed by atoms with Crippen molar-refractivity contribution in [1.82, 2.24) is 4.98 Å². The molecule has 1 aliphatic heterocycles. The molecular formula is C23H20F2N2O3. The zero-order valence-electron chi connectivity index (χ0n) is 16.5. The molecule has 0 spiro atoms.